The van der Waals surface area contributed by atoms with Gasteiger partial charge in [-0.1, -0.05) is 6.92 Å². The van der Waals surface area contributed by atoms with Crippen molar-refractivity contribution in [3.63, 3.8) is 0 Å². The van der Waals surface area contributed by atoms with Gasteiger partial charge >= 0.3 is 0 Å². The first-order valence-electron chi connectivity index (χ1n) is 7.46. The zero-order chi connectivity index (χ0) is 15.3. The molecule has 0 saturated heterocycles. The van der Waals surface area contributed by atoms with E-state index in [-0.39, 0.29) is 6.10 Å². The van der Waals surface area contributed by atoms with E-state index >= 15 is 0 Å². The maximum atomic E-state index is 12.0. The summed E-state index contributed by atoms with van der Waals surface area (Å²) >= 11 is 0. The minimum absolute atomic E-state index is 0.236. The Hall–Kier alpha value is -1.11. The molecule has 0 bridgehead atoms. The molecule has 2 atom stereocenters. The molecule has 0 amide bonds. The molecule has 2 rings (SSSR count). The summed E-state index contributed by atoms with van der Waals surface area (Å²) in [4.78, 5) is 0.302. The molecule has 0 heterocycles. The Kier molecular flexibility index (Phi) is 5.61. The molecule has 5 nitrogen and oxygen atoms in total. The van der Waals surface area contributed by atoms with Gasteiger partial charge in [0.25, 0.3) is 0 Å². The van der Waals surface area contributed by atoms with Crippen LogP contribution in [0.25, 0.3) is 0 Å². The monoisotopic (exact) mass is 312 g/mol. The summed E-state index contributed by atoms with van der Waals surface area (Å²) in [5.41, 5.74) is 0.929. The average molecular weight is 312 g/mol. The van der Waals surface area contributed by atoms with Crippen LogP contribution in [0.5, 0.6) is 0 Å². The number of benzene rings is 1. The molecule has 1 fully saturated rings. The number of rotatable bonds is 7. The maximum Gasteiger partial charge on any atom is 0.240 e. The van der Waals surface area contributed by atoms with Crippen molar-refractivity contribution in [2.24, 2.45) is 0 Å². The third-order valence-corrected chi connectivity index (χ3v) is 5.29. The van der Waals surface area contributed by atoms with Crippen LogP contribution in [0, 0.1) is 0 Å². The van der Waals surface area contributed by atoms with Gasteiger partial charge in [-0.15, -0.1) is 0 Å². The highest BCUT2D eigenvalue weighted by molar-refractivity contribution is 7.89. The van der Waals surface area contributed by atoms with Gasteiger partial charge in [-0.05, 0) is 49.9 Å². The first-order chi connectivity index (χ1) is 10.1. The molecular formula is C15H24N2O3S. The topological polar surface area (TPSA) is 67.4 Å². The number of hydrogen-bond acceptors (Lipinski definition) is 4. The standard InChI is InChI=1S/C15H24N2O3S/c1-3-11-16-21(18,19)13-9-7-12(8-10-13)17-14-5-4-6-15(14)20-2/h7-10,14-17H,3-6,11H2,1-2H3. The van der Waals surface area contributed by atoms with Crippen LogP contribution in [0.3, 0.4) is 0 Å². The Bertz CT molecular complexity index is 543. The van der Waals surface area contributed by atoms with Gasteiger partial charge in [-0.2, -0.15) is 0 Å². The van der Waals surface area contributed by atoms with E-state index in [0.717, 1.165) is 31.4 Å². The first kappa shape index (κ1) is 16.3. The molecule has 118 valence electrons. The van der Waals surface area contributed by atoms with Gasteiger partial charge in [0.1, 0.15) is 0 Å². The third-order valence-electron chi connectivity index (χ3n) is 3.81. The fourth-order valence-corrected chi connectivity index (χ4v) is 3.77. The molecule has 1 aromatic rings. The third kappa shape index (κ3) is 4.18. The second-order valence-corrected chi connectivity index (χ2v) is 7.14. The van der Waals surface area contributed by atoms with Crippen molar-refractivity contribution in [1.29, 1.82) is 0 Å². The second kappa shape index (κ2) is 7.24. The van der Waals surface area contributed by atoms with Gasteiger partial charge in [0.15, 0.2) is 0 Å². The van der Waals surface area contributed by atoms with Crippen LogP contribution in [-0.4, -0.2) is 34.2 Å². The van der Waals surface area contributed by atoms with Gasteiger partial charge in [0.2, 0.25) is 10.0 Å². The lowest BCUT2D eigenvalue weighted by molar-refractivity contribution is 0.101. The Morgan fingerprint density at radius 3 is 2.57 bits per heavy atom. The summed E-state index contributed by atoms with van der Waals surface area (Å²) in [5, 5.41) is 3.42. The van der Waals surface area contributed by atoms with Gasteiger partial charge in [-0.25, -0.2) is 13.1 Å². The molecule has 2 N–H and O–H groups in total. The number of methoxy groups -OCH3 is 1. The zero-order valence-corrected chi connectivity index (χ0v) is 13.4. The molecule has 1 aliphatic rings. The molecule has 21 heavy (non-hydrogen) atoms. The van der Waals surface area contributed by atoms with Crippen molar-refractivity contribution >= 4 is 15.7 Å². The summed E-state index contributed by atoms with van der Waals surface area (Å²) in [6.07, 6.45) is 4.32. The van der Waals surface area contributed by atoms with Crippen LogP contribution in [0.4, 0.5) is 5.69 Å². The maximum absolute atomic E-state index is 12.0. The van der Waals surface area contributed by atoms with Crippen molar-refractivity contribution < 1.29 is 13.2 Å². The summed E-state index contributed by atoms with van der Waals surface area (Å²) in [7, 11) is -1.65. The molecule has 1 saturated carbocycles. The van der Waals surface area contributed by atoms with Crippen molar-refractivity contribution in [3.8, 4) is 0 Å². The highest BCUT2D eigenvalue weighted by Gasteiger charge is 2.26. The van der Waals surface area contributed by atoms with Crippen LogP contribution in [0.15, 0.2) is 29.2 Å². The zero-order valence-electron chi connectivity index (χ0n) is 12.6. The number of anilines is 1. The van der Waals surface area contributed by atoms with E-state index in [4.69, 9.17) is 4.74 Å². The lowest BCUT2D eigenvalue weighted by atomic mass is 10.2. The van der Waals surface area contributed by atoms with Crippen LogP contribution < -0.4 is 10.0 Å². The van der Waals surface area contributed by atoms with E-state index in [2.05, 4.69) is 10.0 Å². The van der Waals surface area contributed by atoms with Crippen LogP contribution in [0.2, 0.25) is 0 Å². The molecule has 0 radical (unpaired) electrons. The molecule has 0 aliphatic heterocycles. The molecular weight excluding hydrogens is 288 g/mol. The quantitative estimate of drug-likeness (QED) is 0.811. The Labute approximate surface area is 127 Å². The van der Waals surface area contributed by atoms with Gasteiger partial charge in [0, 0.05) is 19.3 Å². The molecule has 2 unspecified atom stereocenters. The van der Waals surface area contributed by atoms with Crippen LogP contribution in [0.1, 0.15) is 32.6 Å². The van der Waals surface area contributed by atoms with E-state index in [9.17, 15) is 8.42 Å². The number of ether oxygens (including phenoxy) is 1. The van der Waals surface area contributed by atoms with E-state index in [0.29, 0.717) is 17.5 Å². The first-order valence-corrected chi connectivity index (χ1v) is 8.94. The van der Waals surface area contributed by atoms with E-state index in [1.165, 1.54) is 0 Å². The predicted octanol–water partition coefficient (Wildman–Crippen LogP) is 2.35. The summed E-state index contributed by atoms with van der Waals surface area (Å²) < 4.78 is 32.0. The van der Waals surface area contributed by atoms with Gasteiger partial charge < -0.3 is 10.1 Å². The number of hydrogen-bond donors (Lipinski definition) is 2. The molecule has 1 aliphatic carbocycles. The largest absolute Gasteiger partial charge is 0.380 e. The normalized spacial score (nSPS) is 22.4. The fraction of sp³-hybridized carbons (Fsp3) is 0.600. The number of nitrogens with one attached hydrogen (secondary N) is 2. The highest BCUT2D eigenvalue weighted by atomic mass is 32.2. The van der Waals surface area contributed by atoms with Crippen molar-refractivity contribution in [2.45, 2.75) is 49.6 Å². The highest BCUT2D eigenvalue weighted by Crippen LogP contribution is 2.25. The summed E-state index contributed by atoms with van der Waals surface area (Å²) in [6, 6.07) is 7.20. The molecule has 6 heteroatoms. The van der Waals surface area contributed by atoms with E-state index in [1.807, 2.05) is 19.1 Å². The van der Waals surface area contributed by atoms with Crippen molar-refractivity contribution in [2.75, 3.05) is 19.0 Å². The fourth-order valence-electron chi connectivity index (χ4n) is 2.64. The summed E-state index contributed by atoms with van der Waals surface area (Å²) in [6.45, 7) is 2.39. The Morgan fingerprint density at radius 1 is 1.24 bits per heavy atom. The van der Waals surface area contributed by atoms with Gasteiger partial charge in [0.05, 0.1) is 17.0 Å². The smallest absolute Gasteiger partial charge is 0.240 e. The average Bonchev–Trinajstić information content (AvgIpc) is 2.93. The van der Waals surface area contributed by atoms with Crippen molar-refractivity contribution in [1.82, 2.24) is 4.72 Å². The lowest BCUT2D eigenvalue weighted by Crippen LogP contribution is -2.29. The lowest BCUT2D eigenvalue weighted by Gasteiger charge is -2.20. The van der Waals surface area contributed by atoms with E-state index < -0.39 is 10.0 Å². The number of sulfonamides is 1. The molecule has 0 aromatic heterocycles. The predicted molar refractivity (Wildman–Crippen MR) is 84.0 cm³/mol. The second-order valence-electron chi connectivity index (χ2n) is 5.38. The van der Waals surface area contributed by atoms with Crippen LogP contribution >= 0.6 is 0 Å². The molecule has 1 aromatic carbocycles. The SMILES string of the molecule is CCCNS(=O)(=O)c1ccc(NC2CCCC2OC)cc1. The Morgan fingerprint density at radius 2 is 1.95 bits per heavy atom. The molecule has 0 spiro atoms. The minimum atomic E-state index is -3.38. The van der Waals surface area contributed by atoms with Gasteiger partial charge in [-0.3, -0.25) is 0 Å². The van der Waals surface area contributed by atoms with Crippen LogP contribution in [-0.2, 0) is 14.8 Å². The summed E-state index contributed by atoms with van der Waals surface area (Å²) in [5.74, 6) is 0. The Balaban J connectivity index is 2.02. The van der Waals surface area contributed by atoms with Crippen molar-refractivity contribution in [3.05, 3.63) is 24.3 Å². The minimum Gasteiger partial charge on any atom is -0.380 e. The van der Waals surface area contributed by atoms with E-state index in [1.54, 1.807) is 19.2 Å².